The van der Waals surface area contributed by atoms with Crippen molar-refractivity contribution in [2.24, 2.45) is 22.7 Å². The van der Waals surface area contributed by atoms with Crippen LogP contribution in [0.3, 0.4) is 0 Å². The molecule has 2 saturated carbocycles. The summed E-state index contributed by atoms with van der Waals surface area (Å²) in [6.07, 6.45) is 12.9. The van der Waals surface area contributed by atoms with Crippen LogP contribution in [0.5, 0.6) is 0 Å². The van der Waals surface area contributed by atoms with Crippen molar-refractivity contribution in [3.05, 3.63) is 24.3 Å². The summed E-state index contributed by atoms with van der Waals surface area (Å²) < 4.78 is 0. The summed E-state index contributed by atoms with van der Waals surface area (Å²) in [5.74, 6) is 1.18. The van der Waals surface area contributed by atoms with E-state index in [0.29, 0.717) is 17.3 Å². The van der Waals surface area contributed by atoms with Gasteiger partial charge in [0.1, 0.15) is 0 Å². The number of allylic oxidation sites excluding steroid dienone is 3. The zero-order chi connectivity index (χ0) is 14.6. The van der Waals surface area contributed by atoms with E-state index in [1.54, 1.807) is 5.57 Å². The Labute approximate surface area is 124 Å². The fraction of sp³-hybridized carbons (Fsp3) is 0.789. The molecule has 0 amide bonds. The number of aliphatic hydroxyl groups is 1. The van der Waals surface area contributed by atoms with Crippen molar-refractivity contribution in [1.29, 1.82) is 0 Å². The first-order chi connectivity index (χ1) is 9.31. The highest BCUT2D eigenvalue weighted by molar-refractivity contribution is 5.26. The van der Waals surface area contributed by atoms with Crippen LogP contribution in [0.4, 0.5) is 0 Å². The maximum atomic E-state index is 10.8. The second-order valence-electron chi connectivity index (χ2n) is 8.33. The molecule has 1 heteroatoms. The van der Waals surface area contributed by atoms with E-state index in [0.717, 1.165) is 6.42 Å². The molecule has 1 N–H and O–H groups in total. The monoisotopic (exact) mass is 274 g/mol. The van der Waals surface area contributed by atoms with Gasteiger partial charge in [-0.2, -0.15) is 0 Å². The summed E-state index contributed by atoms with van der Waals surface area (Å²) >= 11 is 0. The number of rotatable bonds is 1. The number of hydrogen-bond donors (Lipinski definition) is 1. The van der Waals surface area contributed by atoms with E-state index in [1.807, 2.05) is 0 Å². The van der Waals surface area contributed by atoms with Crippen LogP contribution in [0.2, 0.25) is 0 Å². The Kier molecular flexibility index (Phi) is 3.21. The predicted molar refractivity (Wildman–Crippen MR) is 84.4 cm³/mol. The predicted octanol–water partition coefficient (Wildman–Crippen LogP) is 4.87. The van der Waals surface area contributed by atoms with Gasteiger partial charge in [-0.1, -0.05) is 38.0 Å². The highest BCUT2D eigenvalue weighted by atomic mass is 16.3. The molecule has 3 aliphatic carbocycles. The summed E-state index contributed by atoms with van der Waals surface area (Å²) in [6.45, 7) is 10.9. The molecule has 5 atom stereocenters. The zero-order valence-electron chi connectivity index (χ0n) is 13.4. The molecule has 0 saturated heterocycles. The normalized spacial score (nSPS) is 51.7. The van der Waals surface area contributed by atoms with Crippen LogP contribution in [0.1, 0.15) is 65.7 Å². The fourth-order valence-electron chi connectivity index (χ4n) is 5.65. The standard InChI is InChI=1S/C19H30O/c1-5-17(2)12-9-15-14(13-17)7-8-16-18(15,3)10-6-11-19(16,4)20/h5,13,15-16,20H,1,6-12H2,2-4H3. The van der Waals surface area contributed by atoms with Gasteiger partial charge in [0.15, 0.2) is 0 Å². The first kappa shape index (κ1) is 14.4. The minimum Gasteiger partial charge on any atom is -0.390 e. The Morgan fingerprint density at radius 2 is 1.95 bits per heavy atom. The summed E-state index contributed by atoms with van der Waals surface area (Å²) in [7, 11) is 0. The summed E-state index contributed by atoms with van der Waals surface area (Å²) in [4.78, 5) is 0. The Balaban J connectivity index is 1.97. The Morgan fingerprint density at radius 3 is 2.65 bits per heavy atom. The molecule has 0 bridgehead atoms. The van der Waals surface area contributed by atoms with E-state index >= 15 is 0 Å². The molecule has 0 aromatic heterocycles. The third-order valence-electron chi connectivity index (χ3n) is 6.86. The van der Waals surface area contributed by atoms with Gasteiger partial charge in [0.25, 0.3) is 0 Å². The minimum atomic E-state index is -0.447. The van der Waals surface area contributed by atoms with Crippen LogP contribution < -0.4 is 0 Å². The molecule has 5 unspecified atom stereocenters. The van der Waals surface area contributed by atoms with Gasteiger partial charge in [0.05, 0.1) is 5.60 Å². The van der Waals surface area contributed by atoms with Crippen LogP contribution >= 0.6 is 0 Å². The van der Waals surface area contributed by atoms with Crippen molar-refractivity contribution in [1.82, 2.24) is 0 Å². The molecule has 1 nitrogen and oxygen atoms in total. The number of fused-ring (bicyclic) bond motifs is 3. The lowest BCUT2D eigenvalue weighted by Gasteiger charge is -2.58. The smallest absolute Gasteiger partial charge is 0.0653 e. The first-order valence-electron chi connectivity index (χ1n) is 8.38. The molecule has 0 radical (unpaired) electrons. The quantitative estimate of drug-likeness (QED) is 0.677. The molecular formula is C19H30O. The summed E-state index contributed by atoms with van der Waals surface area (Å²) in [6, 6.07) is 0. The van der Waals surface area contributed by atoms with Crippen molar-refractivity contribution in [3.63, 3.8) is 0 Å². The molecule has 0 heterocycles. The van der Waals surface area contributed by atoms with E-state index in [4.69, 9.17) is 0 Å². The lowest BCUT2D eigenvalue weighted by molar-refractivity contribution is -0.127. The zero-order valence-corrected chi connectivity index (χ0v) is 13.4. The van der Waals surface area contributed by atoms with Crippen molar-refractivity contribution in [3.8, 4) is 0 Å². The van der Waals surface area contributed by atoms with E-state index in [1.165, 1.54) is 38.5 Å². The van der Waals surface area contributed by atoms with Crippen LogP contribution in [0.25, 0.3) is 0 Å². The van der Waals surface area contributed by atoms with Gasteiger partial charge < -0.3 is 5.11 Å². The van der Waals surface area contributed by atoms with Crippen LogP contribution in [-0.2, 0) is 0 Å². The maximum absolute atomic E-state index is 10.8. The van der Waals surface area contributed by atoms with Gasteiger partial charge >= 0.3 is 0 Å². The van der Waals surface area contributed by atoms with Crippen molar-refractivity contribution in [2.75, 3.05) is 0 Å². The molecule has 0 spiro atoms. The average molecular weight is 274 g/mol. The molecule has 0 aromatic carbocycles. The summed E-state index contributed by atoms with van der Waals surface area (Å²) in [5, 5.41) is 10.8. The topological polar surface area (TPSA) is 20.2 Å². The van der Waals surface area contributed by atoms with E-state index in [9.17, 15) is 5.11 Å². The lowest BCUT2D eigenvalue weighted by Crippen LogP contribution is -2.54. The minimum absolute atomic E-state index is 0.201. The molecule has 2 fully saturated rings. The number of hydrogen-bond acceptors (Lipinski definition) is 1. The van der Waals surface area contributed by atoms with E-state index in [-0.39, 0.29) is 5.41 Å². The Morgan fingerprint density at radius 1 is 1.20 bits per heavy atom. The van der Waals surface area contributed by atoms with Gasteiger partial charge in [0, 0.05) is 5.41 Å². The largest absolute Gasteiger partial charge is 0.390 e. The molecule has 0 aliphatic heterocycles. The maximum Gasteiger partial charge on any atom is 0.0653 e. The molecule has 20 heavy (non-hydrogen) atoms. The van der Waals surface area contributed by atoms with Gasteiger partial charge in [-0.25, -0.2) is 0 Å². The van der Waals surface area contributed by atoms with Gasteiger partial charge in [-0.3, -0.25) is 0 Å². The fourth-order valence-corrected chi connectivity index (χ4v) is 5.65. The van der Waals surface area contributed by atoms with Crippen molar-refractivity contribution >= 4 is 0 Å². The van der Waals surface area contributed by atoms with E-state index in [2.05, 4.69) is 39.5 Å². The van der Waals surface area contributed by atoms with Crippen LogP contribution in [0.15, 0.2) is 24.3 Å². The highest BCUT2D eigenvalue weighted by Gasteiger charge is 2.55. The molecular weight excluding hydrogens is 244 g/mol. The molecule has 0 aromatic rings. The highest BCUT2D eigenvalue weighted by Crippen LogP contribution is 2.61. The second kappa shape index (κ2) is 4.47. The third-order valence-corrected chi connectivity index (χ3v) is 6.86. The Bertz CT molecular complexity index is 447. The Hall–Kier alpha value is -0.560. The van der Waals surface area contributed by atoms with E-state index < -0.39 is 5.60 Å². The SMILES string of the molecule is C=CC1(C)C=C2CCC3C(C)(O)CCCC3(C)C2CC1. The van der Waals surface area contributed by atoms with Crippen LogP contribution in [0, 0.1) is 22.7 Å². The van der Waals surface area contributed by atoms with Gasteiger partial charge in [-0.05, 0) is 62.7 Å². The lowest BCUT2D eigenvalue weighted by atomic mass is 9.48. The molecule has 3 rings (SSSR count). The third kappa shape index (κ3) is 2.01. The van der Waals surface area contributed by atoms with Gasteiger partial charge in [-0.15, -0.1) is 6.58 Å². The molecule has 112 valence electrons. The van der Waals surface area contributed by atoms with Crippen LogP contribution in [-0.4, -0.2) is 10.7 Å². The van der Waals surface area contributed by atoms with Crippen molar-refractivity contribution < 1.29 is 5.11 Å². The summed E-state index contributed by atoms with van der Waals surface area (Å²) in [5.41, 5.74) is 1.73. The van der Waals surface area contributed by atoms with Gasteiger partial charge in [0.2, 0.25) is 0 Å². The van der Waals surface area contributed by atoms with Crippen molar-refractivity contribution in [2.45, 2.75) is 71.3 Å². The average Bonchev–Trinajstić information content (AvgIpc) is 2.37. The first-order valence-corrected chi connectivity index (χ1v) is 8.38. The molecule has 3 aliphatic rings. The second-order valence-corrected chi connectivity index (χ2v) is 8.33.